The zero-order chi connectivity index (χ0) is 19.3. The summed E-state index contributed by atoms with van der Waals surface area (Å²) in [4.78, 5) is 23.6. The van der Waals surface area contributed by atoms with E-state index in [1.54, 1.807) is 0 Å². The van der Waals surface area contributed by atoms with Crippen LogP contribution in [0.25, 0.3) is 10.8 Å². The highest BCUT2D eigenvalue weighted by molar-refractivity contribution is 6.90. The highest BCUT2D eigenvalue weighted by Gasteiger charge is 2.25. The molecule has 0 aliphatic carbocycles. The second-order valence-electron chi connectivity index (χ2n) is 7.21. The average Bonchev–Trinajstić information content (AvgIpc) is 2.59. The largest absolute Gasteiger partial charge is 0.467 e. The second-order valence-corrected chi connectivity index (χ2v) is 12.0. The minimum absolute atomic E-state index is 0.248. The van der Waals surface area contributed by atoms with Crippen molar-refractivity contribution in [3.8, 4) is 0 Å². The molecule has 0 bridgehead atoms. The summed E-state index contributed by atoms with van der Waals surface area (Å²) in [6.07, 6.45) is 2.38. The zero-order valence-corrected chi connectivity index (χ0v) is 17.0. The topological polar surface area (TPSA) is 55.4 Å². The van der Waals surface area contributed by atoms with Crippen molar-refractivity contribution >= 4 is 35.9 Å². The van der Waals surface area contributed by atoms with Crippen molar-refractivity contribution in [3.05, 3.63) is 54.6 Å². The van der Waals surface area contributed by atoms with Crippen molar-refractivity contribution in [1.82, 2.24) is 5.32 Å². The Labute approximate surface area is 156 Å². The van der Waals surface area contributed by atoms with Crippen LogP contribution in [0.1, 0.15) is 12.5 Å². The SMILES string of the molecule is C=CC[Si](C)(C)c1cc(CC(NC(C)=O)C(=O)OC)c2ccccc2c1. The summed E-state index contributed by atoms with van der Waals surface area (Å²) in [6, 6.07) is 12.9. The van der Waals surface area contributed by atoms with Gasteiger partial charge in [0, 0.05) is 13.3 Å². The molecule has 4 nitrogen and oxygen atoms in total. The van der Waals surface area contributed by atoms with Crippen molar-refractivity contribution < 1.29 is 14.3 Å². The van der Waals surface area contributed by atoms with E-state index in [1.807, 2.05) is 18.2 Å². The molecule has 0 heterocycles. The molecular formula is C21H27NO3Si. The summed E-state index contributed by atoms with van der Waals surface area (Å²) in [5.41, 5.74) is 1.05. The summed E-state index contributed by atoms with van der Waals surface area (Å²) >= 11 is 0. The number of allylic oxidation sites excluding steroid dienone is 1. The molecule has 1 amide bonds. The van der Waals surface area contributed by atoms with Crippen LogP contribution in [-0.4, -0.2) is 33.1 Å². The van der Waals surface area contributed by atoms with Gasteiger partial charge in [-0.15, -0.1) is 6.58 Å². The fourth-order valence-corrected chi connectivity index (χ4v) is 5.30. The average molecular weight is 370 g/mol. The lowest BCUT2D eigenvalue weighted by Crippen LogP contribution is -2.43. The molecule has 5 heteroatoms. The van der Waals surface area contributed by atoms with E-state index >= 15 is 0 Å². The number of hydrogen-bond donors (Lipinski definition) is 1. The van der Waals surface area contributed by atoms with Gasteiger partial charge in [-0.25, -0.2) is 4.79 Å². The van der Waals surface area contributed by atoms with Crippen LogP contribution < -0.4 is 10.5 Å². The molecule has 0 aliphatic rings. The number of methoxy groups -OCH3 is 1. The molecule has 0 saturated carbocycles. The number of carbonyl (C=O) groups is 2. The summed E-state index contributed by atoms with van der Waals surface area (Å²) in [5, 5.41) is 6.27. The standard InChI is InChI=1S/C21H27NO3Si/c1-6-11-26(4,5)18-12-16-9-7-8-10-19(16)17(13-18)14-20(21(24)25-3)22-15(2)23/h6-10,12-13,20H,1,11,14H2,2-5H3,(H,22,23). The maximum absolute atomic E-state index is 12.1. The van der Waals surface area contributed by atoms with Crippen molar-refractivity contribution in [2.24, 2.45) is 0 Å². The lowest BCUT2D eigenvalue weighted by molar-refractivity contribution is -0.144. The normalized spacial score (nSPS) is 12.5. The molecule has 0 aromatic heterocycles. The van der Waals surface area contributed by atoms with Crippen LogP contribution in [0.4, 0.5) is 0 Å². The van der Waals surface area contributed by atoms with Crippen LogP contribution in [0.15, 0.2) is 49.1 Å². The van der Waals surface area contributed by atoms with Gasteiger partial charge in [-0.1, -0.05) is 60.8 Å². The predicted molar refractivity (Wildman–Crippen MR) is 109 cm³/mol. The van der Waals surface area contributed by atoms with E-state index in [9.17, 15) is 9.59 Å². The maximum Gasteiger partial charge on any atom is 0.328 e. The van der Waals surface area contributed by atoms with Crippen molar-refractivity contribution in [3.63, 3.8) is 0 Å². The van der Waals surface area contributed by atoms with Crippen LogP contribution >= 0.6 is 0 Å². The highest BCUT2D eigenvalue weighted by Crippen LogP contribution is 2.22. The van der Waals surface area contributed by atoms with Gasteiger partial charge in [-0.05, 0) is 22.4 Å². The van der Waals surface area contributed by atoms with Crippen LogP contribution in [0, 0.1) is 0 Å². The number of fused-ring (bicyclic) bond motifs is 1. The van der Waals surface area contributed by atoms with E-state index in [4.69, 9.17) is 4.74 Å². The predicted octanol–water partition coefficient (Wildman–Crippen LogP) is 3.16. The molecule has 0 aliphatic heterocycles. The number of carbonyl (C=O) groups excluding carboxylic acids is 2. The molecule has 138 valence electrons. The van der Waals surface area contributed by atoms with E-state index in [0.717, 1.165) is 22.4 Å². The minimum atomic E-state index is -1.67. The van der Waals surface area contributed by atoms with Crippen LogP contribution in [0.3, 0.4) is 0 Å². The number of nitrogens with one attached hydrogen (secondary N) is 1. The van der Waals surface area contributed by atoms with E-state index < -0.39 is 20.1 Å². The van der Waals surface area contributed by atoms with E-state index in [2.05, 4.69) is 49.3 Å². The van der Waals surface area contributed by atoms with E-state index in [0.29, 0.717) is 6.42 Å². The first kappa shape index (κ1) is 19.9. The quantitative estimate of drug-likeness (QED) is 0.463. The van der Waals surface area contributed by atoms with Crippen molar-refractivity contribution in [2.45, 2.75) is 38.5 Å². The molecule has 1 N–H and O–H groups in total. The minimum Gasteiger partial charge on any atom is -0.467 e. The first-order valence-corrected chi connectivity index (χ1v) is 12.0. The number of ether oxygens (including phenoxy) is 1. The van der Waals surface area contributed by atoms with Crippen LogP contribution in [-0.2, 0) is 20.7 Å². The molecule has 1 unspecified atom stereocenters. The van der Waals surface area contributed by atoms with Gasteiger partial charge in [0.2, 0.25) is 5.91 Å². The molecule has 0 radical (unpaired) electrons. The Kier molecular flexibility index (Phi) is 6.37. The first-order valence-electron chi connectivity index (χ1n) is 8.76. The fraction of sp³-hybridized carbons (Fsp3) is 0.333. The molecule has 0 saturated heterocycles. The van der Waals surface area contributed by atoms with Gasteiger partial charge in [-0.2, -0.15) is 0 Å². The first-order chi connectivity index (χ1) is 12.3. The Bertz CT molecular complexity index is 829. The summed E-state index contributed by atoms with van der Waals surface area (Å²) in [7, 11) is -0.329. The fourth-order valence-electron chi connectivity index (χ4n) is 3.23. The second kappa shape index (κ2) is 8.32. The molecule has 2 aromatic rings. The Morgan fingerprint density at radius 2 is 1.96 bits per heavy atom. The van der Waals surface area contributed by atoms with Crippen molar-refractivity contribution in [1.29, 1.82) is 0 Å². The smallest absolute Gasteiger partial charge is 0.328 e. The zero-order valence-electron chi connectivity index (χ0n) is 16.0. The van der Waals surface area contributed by atoms with Gasteiger partial charge in [0.05, 0.1) is 15.2 Å². The van der Waals surface area contributed by atoms with Gasteiger partial charge >= 0.3 is 5.97 Å². The summed E-state index contributed by atoms with van der Waals surface area (Å²) in [5.74, 6) is -0.681. The number of amides is 1. The molecule has 0 spiro atoms. The summed E-state index contributed by atoms with van der Waals surface area (Å²) < 4.78 is 4.88. The van der Waals surface area contributed by atoms with Gasteiger partial charge in [0.1, 0.15) is 6.04 Å². The number of esters is 1. The van der Waals surface area contributed by atoms with Crippen LogP contribution in [0.2, 0.25) is 19.1 Å². The summed E-state index contributed by atoms with van der Waals surface area (Å²) in [6.45, 7) is 9.93. The number of rotatable bonds is 7. The lowest BCUT2D eigenvalue weighted by Gasteiger charge is -2.24. The van der Waals surface area contributed by atoms with Crippen molar-refractivity contribution in [2.75, 3.05) is 7.11 Å². The van der Waals surface area contributed by atoms with Gasteiger partial charge in [0.15, 0.2) is 0 Å². The molecular weight excluding hydrogens is 342 g/mol. The van der Waals surface area contributed by atoms with E-state index in [1.165, 1.54) is 19.2 Å². The molecule has 2 aromatic carbocycles. The van der Waals surface area contributed by atoms with Gasteiger partial charge < -0.3 is 10.1 Å². The van der Waals surface area contributed by atoms with E-state index in [-0.39, 0.29) is 5.91 Å². The molecule has 2 rings (SSSR count). The Balaban J connectivity index is 2.54. The Morgan fingerprint density at radius 1 is 1.27 bits per heavy atom. The maximum atomic E-state index is 12.1. The monoisotopic (exact) mass is 369 g/mol. The lowest BCUT2D eigenvalue weighted by atomic mass is 9.98. The molecule has 0 fully saturated rings. The third-order valence-electron chi connectivity index (χ3n) is 4.67. The number of benzene rings is 2. The third-order valence-corrected chi connectivity index (χ3v) is 7.83. The Hall–Kier alpha value is -2.40. The van der Waals surface area contributed by atoms with Gasteiger partial charge in [-0.3, -0.25) is 4.79 Å². The van der Waals surface area contributed by atoms with Gasteiger partial charge in [0.25, 0.3) is 0 Å². The molecule has 26 heavy (non-hydrogen) atoms. The highest BCUT2D eigenvalue weighted by atomic mass is 28.3. The Morgan fingerprint density at radius 3 is 2.58 bits per heavy atom. The van der Waals surface area contributed by atoms with Crippen LogP contribution in [0.5, 0.6) is 0 Å². The third kappa shape index (κ3) is 4.61. The number of hydrogen-bond acceptors (Lipinski definition) is 3. The molecule has 1 atom stereocenters.